The van der Waals surface area contributed by atoms with E-state index in [2.05, 4.69) is 11.8 Å². The Morgan fingerprint density at radius 2 is 1.89 bits per heavy atom. The number of halogens is 1. The number of fused-ring (bicyclic) bond motifs is 1. The number of anilines is 1. The van der Waals surface area contributed by atoms with Gasteiger partial charge >= 0.3 is 0 Å². The molecule has 3 aromatic rings. The molecule has 1 aliphatic rings. The number of amides is 1. The molecule has 2 heterocycles. The Hall–Kier alpha value is -2.31. The molecule has 1 aromatic heterocycles. The number of oxazole rings is 1. The molecule has 0 aliphatic carbocycles. The number of carbonyl (C=O) groups excluding carboxylic acids is 1. The summed E-state index contributed by atoms with van der Waals surface area (Å²) in [6.07, 6.45) is 0.411. The molecule has 1 fully saturated rings. The largest absolute Gasteiger partial charge is 0.429 e. The lowest BCUT2D eigenvalue weighted by Crippen LogP contribution is -2.49. The van der Waals surface area contributed by atoms with Crippen molar-refractivity contribution in [1.82, 2.24) is 9.47 Å². The second kappa shape index (κ2) is 7.97. The van der Waals surface area contributed by atoms with Crippen LogP contribution >= 0.6 is 23.8 Å². The van der Waals surface area contributed by atoms with E-state index < -0.39 is 0 Å². The third kappa shape index (κ3) is 3.80. The highest BCUT2D eigenvalue weighted by atomic mass is 35.5. The number of piperazine rings is 1. The number of benzene rings is 2. The van der Waals surface area contributed by atoms with Gasteiger partial charge in [0.25, 0.3) is 4.84 Å². The highest BCUT2D eigenvalue weighted by Gasteiger charge is 2.22. The third-order valence-electron chi connectivity index (χ3n) is 5.27. The van der Waals surface area contributed by atoms with E-state index >= 15 is 0 Å². The van der Waals surface area contributed by atoms with E-state index in [1.165, 1.54) is 5.56 Å². The summed E-state index contributed by atoms with van der Waals surface area (Å²) in [7, 11) is 0. The van der Waals surface area contributed by atoms with E-state index in [0.29, 0.717) is 30.9 Å². The van der Waals surface area contributed by atoms with E-state index in [4.69, 9.17) is 28.2 Å². The summed E-state index contributed by atoms with van der Waals surface area (Å²) in [5.41, 5.74) is 4.04. The summed E-state index contributed by atoms with van der Waals surface area (Å²) in [5.74, 6) is 0.148. The van der Waals surface area contributed by atoms with Crippen LogP contribution in [0.25, 0.3) is 11.1 Å². The molecule has 146 valence electrons. The van der Waals surface area contributed by atoms with Gasteiger partial charge in [0, 0.05) is 49.9 Å². The van der Waals surface area contributed by atoms with Crippen molar-refractivity contribution < 1.29 is 9.21 Å². The van der Waals surface area contributed by atoms with E-state index in [-0.39, 0.29) is 5.91 Å². The van der Waals surface area contributed by atoms with E-state index in [9.17, 15) is 4.79 Å². The Morgan fingerprint density at radius 1 is 1.14 bits per heavy atom. The van der Waals surface area contributed by atoms with Gasteiger partial charge in [-0.15, -0.1) is 0 Å². The van der Waals surface area contributed by atoms with Crippen molar-refractivity contribution in [2.45, 2.75) is 19.9 Å². The van der Waals surface area contributed by atoms with E-state index in [1.54, 1.807) is 0 Å². The van der Waals surface area contributed by atoms with Crippen molar-refractivity contribution in [3.8, 4) is 0 Å². The highest BCUT2D eigenvalue weighted by molar-refractivity contribution is 7.71. The van der Waals surface area contributed by atoms with Crippen molar-refractivity contribution in [2.24, 2.45) is 0 Å². The molecular weight excluding hydrogens is 394 g/mol. The van der Waals surface area contributed by atoms with Gasteiger partial charge in [-0.25, -0.2) is 0 Å². The van der Waals surface area contributed by atoms with E-state index in [0.717, 1.165) is 34.9 Å². The maximum Gasteiger partial charge on any atom is 0.269 e. The minimum Gasteiger partial charge on any atom is -0.429 e. The van der Waals surface area contributed by atoms with Gasteiger partial charge in [0.1, 0.15) is 0 Å². The minimum absolute atomic E-state index is 0.148. The van der Waals surface area contributed by atoms with Crippen molar-refractivity contribution >= 4 is 46.5 Å². The van der Waals surface area contributed by atoms with Crippen molar-refractivity contribution in [2.75, 3.05) is 31.1 Å². The molecule has 0 bridgehead atoms. The van der Waals surface area contributed by atoms with Crippen LogP contribution in [0.3, 0.4) is 0 Å². The summed E-state index contributed by atoms with van der Waals surface area (Å²) in [4.78, 5) is 17.4. The van der Waals surface area contributed by atoms with Crippen molar-refractivity contribution in [3.63, 3.8) is 0 Å². The van der Waals surface area contributed by atoms with Gasteiger partial charge in [0.05, 0.1) is 5.52 Å². The molecule has 0 saturated carbocycles. The second-order valence-electron chi connectivity index (χ2n) is 7.04. The number of rotatable bonds is 4. The zero-order valence-electron chi connectivity index (χ0n) is 15.7. The van der Waals surface area contributed by atoms with Crippen LogP contribution in [0.4, 0.5) is 5.69 Å². The van der Waals surface area contributed by atoms with Crippen molar-refractivity contribution in [1.29, 1.82) is 0 Å². The van der Waals surface area contributed by atoms with Gasteiger partial charge in [0.2, 0.25) is 5.91 Å². The average molecular weight is 416 g/mol. The Labute approximate surface area is 174 Å². The smallest absolute Gasteiger partial charge is 0.269 e. The number of para-hydroxylation sites is 2. The van der Waals surface area contributed by atoms with Gasteiger partial charge in [-0.05, 0) is 49.0 Å². The summed E-state index contributed by atoms with van der Waals surface area (Å²) in [6.45, 7) is 5.65. The van der Waals surface area contributed by atoms with Crippen LogP contribution in [-0.2, 0) is 11.3 Å². The quantitative estimate of drug-likeness (QED) is 0.581. The monoisotopic (exact) mass is 415 g/mol. The second-order valence-corrected chi connectivity index (χ2v) is 7.82. The number of aryl methyl sites for hydroxylation is 2. The lowest BCUT2D eigenvalue weighted by atomic mass is 10.1. The Bertz CT molecular complexity index is 1070. The predicted octanol–water partition coefficient (Wildman–Crippen LogP) is 4.66. The molecule has 4 rings (SSSR count). The maximum absolute atomic E-state index is 12.7. The van der Waals surface area contributed by atoms with Crippen molar-refractivity contribution in [3.05, 3.63) is 57.9 Å². The summed E-state index contributed by atoms with van der Waals surface area (Å²) in [5, 5.41) is 0.739. The first-order chi connectivity index (χ1) is 13.5. The lowest BCUT2D eigenvalue weighted by Gasteiger charge is -2.37. The molecule has 28 heavy (non-hydrogen) atoms. The van der Waals surface area contributed by atoms with Crippen LogP contribution in [0.1, 0.15) is 12.0 Å². The Kier molecular flexibility index (Phi) is 5.42. The topological polar surface area (TPSA) is 41.6 Å². The van der Waals surface area contributed by atoms with Crippen LogP contribution < -0.4 is 4.90 Å². The molecule has 0 radical (unpaired) electrons. The molecule has 1 aliphatic heterocycles. The lowest BCUT2D eigenvalue weighted by molar-refractivity contribution is -0.131. The fourth-order valence-corrected chi connectivity index (χ4v) is 4.16. The number of hydrogen-bond acceptors (Lipinski definition) is 4. The van der Waals surface area contributed by atoms with Crippen LogP contribution in [-0.4, -0.2) is 41.6 Å². The average Bonchev–Trinajstić information content (AvgIpc) is 3.03. The number of carbonyl (C=O) groups is 1. The summed E-state index contributed by atoms with van der Waals surface area (Å²) >= 11 is 11.5. The van der Waals surface area contributed by atoms with Gasteiger partial charge in [0.15, 0.2) is 5.58 Å². The van der Waals surface area contributed by atoms with E-state index in [1.807, 2.05) is 51.9 Å². The van der Waals surface area contributed by atoms with Gasteiger partial charge < -0.3 is 14.2 Å². The molecule has 1 amide bonds. The van der Waals surface area contributed by atoms with Crippen LogP contribution in [0.15, 0.2) is 46.9 Å². The summed E-state index contributed by atoms with van der Waals surface area (Å²) < 4.78 is 7.49. The van der Waals surface area contributed by atoms with Crippen LogP contribution in [0.2, 0.25) is 5.02 Å². The zero-order chi connectivity index (χ0) is 19.7. The van der Waals surface area contributed by atoms with Crippen LogP contribution in [0.5, 0.6) is 0 Å². The molecule has 2 aromatic carbocycles. The first-order valence-electron chi connectivity index (χ1n) is 9.40. The maximum atomic E-state index is 12.7. The number of hydrogen-bond donors (Lipinski definition) is 0. The van der Waals surface area contributed by atoms with Crippen LogP contribution in [0, 0.1) is 11.8 Å². The van der Waals surface area contributed by atoms with Gasteiger partial charge in [-0.1, -0.05) is 29.8 Å². The fraction of sp³-hybridized carbons (Fsp3) is 0.333. The predicted molar refractivity (Wildman–Crippen MR) is 115 cm³/mol. The van der Waals surface area contributed by atoms with Gasteiger partial charge in [-0.3, -0.25) is 9.36 Å². The molecule has 0 unspecified atom stereocenters. The molecule has 5 nitrogen and oxygen atoms in total. The minimum atomic E-state index is 0.148. The highest BCUT2D eigenvalue weighted by Crippen LogP contribution is 2.25. The molecule has 7 heteroatoms. The Balaban J connectivity index is 1.37. The molecule has 0 atom stereocenters. The Morgan fingerprint density at radius 3 is 2.68 bits per heavy atom. The third-order valence-corrected chi connectivity index (χ3v) is 5.81. The fourth-order valence-electron chi connectivity index (χ4n) is 3.71. The summed E-state index contributed by atoms with van der Waals surface area (Å²) in [6, 6.07) is 13.7. The number of nitrogens with zero attached hydrogens (tertiary/aromatic N) is 3. The first kappa shape index (κ1) is 19.0. The molecule has 1 saturated heterocycles. The molecular formula is C21H22ClN3O2S. The normalized spacial score (nSPS) is 14.6. The number of aromatic nitrogens is 1. The standard InChI is InChI=1S/C21H22ClN3O2S/c1-15-6-7-16(22)14-18(15)23-10-12-24(13-11-23)20(26)8-9-25-17-4-2-3-5-19(17)27-21(25)28/h2-7,14H,8-13H2,1H3. The SMILES string of the molecule is Cc1ccc(Cl)cc1N1CCN(C(=O)CCn2c(=S)oc3ccccc32)CC1. The van der Waals surface area contributed by atoms with Gasteiger partial charge in [-0.2, -0.15) is 0 Å². The first-order valence-corrected chi connectivity index (χ1v) is 10.2. The molecule has 0 spiro atoms. The molecule has 0 N–H and O–H groups in total. The zero-order valence-corrected chi connectivity index (χ0v) is 17.3.